The van der Waals surface area contributed by atoms with Crippen LogP contribution in [0.1, 0.15) is 6.42 Å². The van der Waals surface area contributed by atoms with E-state index in [1.807, 2.05) is 0 Å². The number of alkyl halides is 3. The first kappa shape index (κ1) is 35.8. The summed E-state index contributed by atoms with van der Waals surface area (Å²) in [6, 6.07) is 0. The lowest BCUT2D eigenvalue weighted by Crippen LogP contribution is -2.24. The standard InChI is InChI=1S/C8H17FO4.C8H17FO3.CH3F.F2/c1-10-5-6-12-7-8(11-2)13-4-3-9;1-10-5-6-12-7-8(11-2)3-4-9;2*1-2/h8H,3-7H2,1-2H3;8H,3-7H2,1-2H3;1H3;. The van der Waals surface area contributed by atoms with Gasteiger partial charge in [0.25, 0.3) is 0 Å². The molecular formula is C17H37F5O7. The van der Waals surface area contributed by atoms with Gasteiger partial charge in [-0.15, -0.1) is 0 Å². The summed E-state index contributed by atoms with van der Waals surface area (Å²) >= 11 is 0. The van der Waals surface area contributed by atoms with Crippen LogP contribution in [-0.4, -0.2) is 108 Å². The summed E-state index contributed by atoms with van der Waals surface area (Å²) < 4.78 is 83.7. The van der Waals surface area contributed by atoms with Crippen LogP contribution in [-0.2, 0) is 33.2 Å². The fourth-order valence-electron chi connectivity index (χ4n) is 1.43. The predicted octanol–water partition coefficient (Wildman–Crippen LogP) is 3.06. The molecule has 0 saturated heterocycles. The lowest BCUT2D eigenvalue weighted by Gasteiger charge is -2.15. The molecular weight excluding hydrogens is 411 g/mol. The lowest BCUT2D eigenvalue weighted by atomic mass is 10.3. The van der Waals surface area contributed by atoms with Crippen molar-refractivity contribution in [1.29, 1.82) is 0 Å². The molecule has 0 rings (SSSR count). The maximum Gasteiger partial charge on any atom is 0.180 e. The molecule has 0 aromatic heterocycles. The molecule has 0 bridgehead atoms. The van der Waals surface area contributed by atoms with Gasteiger partial charge in [0.15, 0.2) is 6.29 Å². The summed E-state index contributed by atoms with van der Waals surface area (Å²) in [5.41, 5.74) is 0. The van der Waals surface area contributed by atoms with Crippen molar-refractivity contribution in [2.45, 2.75) is 18.8 Å². The number of ether oxygens (including phenoxy) is 7. The van der Waals surface area contributed by atoms with Crippen LogP contribution >= 0.6 is 0 Å². The molecule has 0 amide bonds. The lowest BCUT2D eigenvalue weighted by molar-refractivity contribution is -0.160. The Morgan fingerprint density at radius 1 is 0.655 bits per heavy atom. The largest absolute Gasteiger partial charge is 0.382 e. The van der Waals surface area contributed by atoms with E-state index in [4.69, 9.17) is 42.3 Å². The average Bonchev–Trinajstić information content (AvgIpc) is 2.78. The van der Waals surface area contributed by atoms with Crippen LogP contribution in [0.4, 0.5) is 22.3 Å². The molecule has 0 aromatic rings. The molecule has 2 atom stereocenters. The van der Waals surface area contributed by atoms with E-state index >= 15 is 0 Å². The predicted molar refractivity (Wildman–Crippen MR) is 98.8 cm³/mol. The van der Waals surface area contributed by atoms with Crippen LogP contribution in [0.15, 0.2) is 0 Å². The highest BCUT2D eigenvalue weighted by Crippen LogP contribution is 1.98. The molecule has 0 fully saturated rings. The van der Waals surface area contributed by atoms with Gasteiger partial charge >= 0.3 is 0 Å². The Kier molecular flexibility index (Phi) is 46.9. The molecule has 182 valence electrons. The van der Waals surface area contributed by atoms with Crippen molar-refractivity contribution in [3.8, 4) is 0 Å². The Balaban J connectivity index is -0.000000184. The van der Waals surface area contributed by atoms with Crippen molar-refractivity contribution in [1.82, 2.24) is 0 Å². The van der Waals surface area contributed by atoms with Crippen molar-refractivity contribution in [2.75, 3.05) is 95.2 Å². The molecule has 0 aliphatic heterocycles. The number of hydrogen-bond acceptors (Lipinski definition) is 7. The van der Waals surface area contributed by atoms with Gasteiger partial charge in [-0.2, -0.15) is 0 Å². The van der Waals surface area contributed by atoms with Gasteiger partial charge in [-0.05, 0) is 0 Å². The zero-order valence-corrected chi connectivity index (χ0v) is 18.0. The number of hydrogen-bond donors (Lipinski definition) is 0. The molecule has 0 saturated carbocycles. The number of halogens is 5. The third-order valence-corrected chi connectivity index (χ3v) is 2.83. The maximum absolute atomic E-state index is 11.8. The van der Waals surface area contributed by atoms with Gasteiger partial charge in [-0.25, -0.2) is 4.39 Å². The van der Waals surface area contributed by atoms with Crippen molar-refractivity contribution < 1.29 is 55.5 Å². The second-order valence-electron chi connectivity index (χ2n) is 4.70. The molecule has 7 nitrogen and oxygen atoms in total. The summed E-state index contributed by atoms with van der Waals surface area (Å²) in [7, 11) is 6.75. The normalized spacial score (nSPS) is 11.8. The third kappa shape index (κ3) is 35.2. The Hall–Kier alpha value is -0.630. The summed E-state index contributed by atoms with van der Waals surface area (Å²) in [6.07, 6.45) is -0.233. The van der Waals surface area contributed by atoms with Crippen molar-refractivity contribution in [3.63, 3.8) is 0 Å². The van der Waals surface area contributed by atoms with Gasteiger partial charge in [0.1, 0.15) is 6.67 Å². The van der Waals surface area contributed by atoms with E-state index in [0.29, 0.717) is 53.2 Å². The van der Waals surface area contributed by atoms with E-state index in [1.165, 1.54) is 7.11 Å². The Morgan fingerprint density at radius 3 is 1.55 bits per heavy atom. The van der Waals surface area contributed by atoms with Gasteiger partial charge in [-0.3, -0.25) is 8.78 Å². The van der Waals surface area contributed by atoms with E-state index in [2.05, 4.69) is 0 Å². The van der Waals surface area contributed by atoms with E-state index in [-0.39, 0.29) is 19.4 Å². The van der Waals surface area contributed by atoms with E-state index in [9.17, 15) is 13.2 Å². The molecule has 0 aliphatic rings. The molecule has 2 unspecified atom stereocenters. The molecule has 12 heteroatoms. The maximum atomic E-state index is 11.8. The van der Waals surface area contributed by atoms with Gasteiger partial charge in [-0.1, -0.05) is 0 Å². The smallest absolute Gasteiger partial charge is 0.180 e. The van der Waals surface area contributed by atoms with Crippen LogP contribution in [0.5, 0.6) is 0 Å². The summed E-state index contributed by atoms with van der Waals surface area (Å²) in [6.45, 7) is 1.98. The first-order chi connectivity index (χ1) is 14.2. The monoisotopic (exact) mass is 448 g/mol. The number of rotatable bonds is 17. The molecule has 0 radical (unpaired) electrons. The van der Waals surface area contributed by atoms with Crippen molar-refractivity contribution >= 4 is 0 Å². The summed E-state index contributed by atoms with van der Waals surface area (Å²) in [5, 5.41) is 0. The number of methoxy groups -OCH3 is 4. The first-order valence-electron chi connectivity index (χ1n) is 8.64. The fraction of sp³-hybridized carbons (Fsp3) is 1.00. The second-order valence-corrected chi connectivity index (χ2v) is 4.70. The van der Waals surface area contributed by atoms with E-state index in [0.717, 1.165) is 0 Å². The van der Waals surface area contributed by atoms with Crippen LogP contribution in [0.3, 0.4) is 0 Å². The van der Waals surface area contributed by atoms with E-state index < -0.39 is 13.0 Å². The molecule has 0 aromatic carbocycles. The van der Waals surface area contributed by atoms with Crippen molar-refractivity contribution in [2.24, 2.45) is 0 Å². The van der Waals surface area contributed by atoms with Crippen molar-refractivity contribution in [3.05, 3.63) is 0 Å². The van der Waals surface area contributed by atoms with E-state index in [1.54, 1.807) is 21.3 Å². The zero-order valence-electron chi connectivity index (χ0n) is 18.0. The Morgan fingerprint density at radius 2 is 1.17 bits per heavy atom. The topological polar surface area (TPSA) is 64.6 Å². The second kappa shape index (κ2) is 38.0. The first-order valence-corrected chi connectivity index (χ1v) is 8.64. The molecule has 0 heterocycles. The molecule has 29 heavy (non-hydrogen) atoms. The van der Waals surface area contributed by atoms with Gasteiger partial charge in [0.2, 0.25) is 0 Å². The zero-order chi connectivity index (χ0) is 23.2. The average molecular weight is 448 g/mol. The van der Waals surface area contributed by atoms with Crippen LogP contribution < -0.4 is 0 Å². The minimum atomic E-state index is -0.516. The highest BCUT2D eigenvalue weighted by atomic mass is 20.0. The molecule has 0 aliphatic carbocycles. The van der Waals surface area contributed by atoms with Crippen LogP contribution in [0.25, 0.3) is 0 Å². The highest BCUT2D eigenvalue weighted by molar-refractivity contribution is 4.54. The quantitative estimate of drug-likeness (QED) is 0.193. The minimum absolute atomic E-state index is 0.0339. The van der Waals surface area contributed by atoms with Crippen LogP contribution in [0, 0.1) is 0 Å². The van der Waals surface area contributed by atoms with Gasteiger partial charge in [0, 0.05) is 44.0 Å². The third-order valence-electron chi connectivity index (χ3n) is 2.83. The van der Waals surface area contributed by atoms with Gasteiger partial charge in [0.05, 0.1) is 66.2 Å². The SMILES string of the molecule is CF.COCCOCC(CCF)OC.COCCOCC(OC)OCCF.FF. The molecule has 0 spiro atoms. The molecule has 0 N–H and O–H groups in total. The highest BCUT2D eigenvalue weighted by Gasteiger charge is 2.07. The Bertz CT molecular complexity index is 248. The minimum Gasteiger partial charge on any atom is -0.382 e. The fourth-order valence-corrected chi connectivity index (χ4v) is 1.43. The van der Waals surface area contributed by atoms with Crippen LogP contribution in [0.2, 0.25) is 0 Å². The summed E-state index contributed by atoms with van der Waals surface area (Å²) in [5.74, 6) is 0. The van der Waals surface area contributed by atoms with Gasteiger partial charge < -0.3 is 33.2 Å². The Labute approximate surface area is 170 Å². The summed E-state index contributed by atoms with van der Waals surface area (Å²) in [4.78, 5) is 0.